The summed E-state index contributed by atoms with van der Waals surface area (Å²) in [5, 5.41) is 5.69. The summed E-state index contributed by atoms with van der Waals surface area (Å²) in [6, 6.07) is 9.86. The minimum atomic E-state index is -0.276. The molecule has 114 valence electrons. The molecule has 2 heterocycles. The summed E-state index contributed by atoms with van der Waals surface area (Å²) in [7, 11) is 0. The van der Waals surface area contributed by atoms with Crippen LogP contribution in [0.4, 0.5) is 9.18 Å². The molecular weight excluding hydrogens is 301 g/mol. The van der Waals surface area contributed by atoms with Crippen molar-refractivity contribution in [3.63, 3.8) is 0 Å². The SMILES string of the molecule is O=C(NCc1ccccn1)NC1CCSc2ccc(F)cc21. The molecule has 1 aliphatic rings. The number of nitrogens with zero attached hydrogens (tertiary/aromatic N) is 1. The molecule has 1 aliphatic heterocycles. The Morgan fingerprint density at radius 3 is 3.09 bits per heavy atom. The number of carbonyl (C=O) groups excluding carboxylic acids is 1. The van der Waals surface area contributed by atoms with Crippen LogP contribution in [0, 0.1) is 5.82 Å². The van der Waals surface area contributed by atoms with Gasteiger partial charge in [0.1, 0.15) is 5.82 Å². The van der Waals surface area contributed by atoms with Gasteiger partial charge in [0.05, 0.1) is 18.3 Å². The summed E-state index contributed by atoms with van der Waals surface area (Å²) in [5.74, 6) is 0.631. The lowest BCUT2D eigenvalue weighted by molar-refractivity contribution is 0.236. The van der Waals surface area contributed by atoms with Gasteiger partial charge in [-0.2, -0.15) is 0 Å². The number of urea groups is 1. The minimum Gasteiger partial charge on any atom is -0.332 e. The number of rotatable bonds is 3. The summed E-state index contributed by atoms with van der Waals surface area (Å²) in [5.41, 5.74) is 1.65. The van der Waals surface area contributed by atoms with Crippen LogP contribution in [0.15, 0.2) is 47.5 Å². The molecule has 2 N–H and O–H groups in total. The van der Waals surface area contributed by atoms with Crippen LogP contribution >= 0.6 is 11.8 Å². The van der Waals surface area contributed by atoms with Crippen LogP contribution in [0.3, 0.4) is 0 Å². The van der Waals surface area contributed by atoms with E-state index in [9.17, 15) is 9.18 Å². The quantitative estimate of drug-likeness (QED) is 0.913. The molecule has 1 atom stereocenters. The van der Waals surface area contributed by atoms with Crippen molar-refractivity contribution >= 4 is 17.8 Å². The first-order valence-electron chi connectivity index (χ1n) is 7.09. The number of hydrogen-bond acceptors (Lipinski definition) is 3. The van der Waals surface area contributed by atoms with Gasteiger partial charge >= 0.3 is 6.03 Å². The van der Waals surface area contributed by atoms with Crippen molar-refractivity contribution in [3.05, 3.63) is 59.7 Å². The number of nitrogens with one attached hydrogen (secondary N) is 2. The van der Waals surface area contributed by atoms with E-state index in [2.05, 4.69) is 15.6 Å². The molecule has 3 rings (SSSR count). The van der Waals surface area contributed by atoms with E-state index in [1.54, 1.807) is 24.0 Å². The molecule has 0 saturated carbocycles. The number of pyridine rings is 1. The van der Waals surface area contributed by atoms with Crippen LogP contribution < -0.4 is 10.6 Å². The Morgan fingerprint density at radius 2 is 2.27 bits per heavy atom. The molecule has 1 unspecified atom stereocenters. The Bertz CT molecular complexity index is 666. The smallest absolute Gasteiger partial charge is 0.315 e. The summed E-state index contributed by atoms with van der Waals surface area (Å²) >= 11 is 1.69. The highest BCUT2D eigenvalue weighted by molar-refractivity contribution is 7.99. The number of hydrogen-bond donors (Lipinski definition) is 2. The molecule has 22 heavy (non-hydrogen) atoms. The number of halogens is 1. The molecule has 6 heteroatoms. The fourth-order valence-corrected chi connectivity index (χ4v) is 3.50. The normalized spacial score (nSPS) is 16.7. The van der Waals surface area contributed by atoms with Gasteiger partial charge in [0.25, 0.3) is 0 Å². The molecule has 1 aromatic carbocycles. The second kappa shape index (κ2) is 6.79. The van der Waals surface area contributed by atoms with Crippen molar-refractivity contribution in [2.45, 2.75) is 23.9 Å². The maximum atomic E-state index is 13.4. The van der Waals surface area contributed by atoms with Crippen molar-refractivity contribution in [2.24, 2.45) is 0 Å². The molecule has 0 aliphatic carbocycles. The maximum absolute atomic E-state index is 13.4. The van der Waals surface area contributed by atoms with E-state index in [1.165, 1.54) is 12.1 Å². The lowest BCUT2D eigenvalue weighted by atomic mass is 10.0. The van der Waals surface area contributed by atoms with E-state index in [-0.39, 0.29) is 17.9 Å². The highest BCUT2D eigenvalue weighted by atomic mass is 32.2. The standard InChI is InChI=1S/C16H16FN3OS/c17-11-4-5-15-13(9-11)14(6-8-22-15)20-16(21)19-10-12-3-1-2-7-18-12/h1-5,7,9,14H,6,8,10H2,(H2,19,20,21). The van der Waals surface area contributed by atoms with Gasteiger partial charge in [-0.25, -0.2) is 9.18 Å². The molecule has 0 spiro atoms. The molecule has 0 bridgehead atoms. The van der Waals surface area contributed by atoms with Gasteiger partial charge in [-0.05, 0) is 42.3 Å². The molecule has 4 nitrogen and oxygen atoms in total. The van der Waals surface area contributed by atoms with E-state index >= 15 is 0 Å². The number of aromatic nitrogens is 1. The van der Waals surface area contributed by atoms with Crippen LogP contribution in [0.5, 0.6) is 0 Å². The van der Waals surface area contributed by atoms with Crippen LogP contribution in [0.2, 0.25) is 0 Å². The van der Waals surface area contributed by atoms with E-state index < -0.39 is 0 Å². The van der Waals surface area contributed by atoms with Crippen molar-refractivity contribution < 1.29 is 9.18 Å². The number of thioether (sulfide) groups is 1. The van der Waals surface area contributed by atoms with E-state index in [0.717, 1.165) is 28.3 Å². The second-order valence-corrected chi connectivity index (χ2v) is 6.16. The third-order valence-corrected chi connectivity index (χ3v) is 4.60. The van der Waals surface area contributed by atoms with Gasteiger partial charge in [-0.15, -0.1) is 11.8 Å². The fraction of sp³-hybridized carbons (Fsp3) is 0.250. The zero-order chi connectivity index (χ0) is 15.4. The largest absolute Gasteiger partial charge is 0.332 e. The summed E-state index contributed by atoms with van der Waals surface area (Å²) in [4.78, 5) is 17.2. The van der Waals surface area contributed by atoms with Crippen molar-refractivity contribution in [1.82, 2.24) is 15.6 Å². The van der Waals surface area contributed by atoms with Gasteiger partial charge in [0, 0.05) is 16.8 Å². The first-order chi connectivity index (χ1) is 10.7. The highest BCUT2D eigenvalue weighted by Gasteiger charge is 2.22. The first kappa shape index (κ1) is 14.8. The summed E-state index contributed by atoms with van der Waals surface area (Å²) in [6.45, 7) is 0.365. The van der Waals surface area contributed by atoms with E-state index in [4.69, 9.17) is 0 Å². The Balaban J connectivity index is 1.62. The van der Waals surface area contributed by atoms with Gasteiger partial charge in [0.2, 0.25) is 0 Å². The molecule has 2 amide bonds. The molecule has 0 radical (unpaired) electrons. The lowest BCUT2D eigenvalue weighted by Crippen LogP contribution is -2.38. The molecule has 1 aromatic heterocycles. The Hall–Kier alpha value is -2.08. The summed E-state index contributed by atoms with van der Waals surface area (Å²) in [6.07, 6.45) is 2.48. The Morgan fingerprint density at radius 1 is 1.36 bits per heavy atom. The second-order valence-electron chi connectivity index (χ2n) is 5.02. The predicted octanol–water partition coefficient (Wildman–Crippen LogP) is 3.26. The predicted molar refractivity (Wildman–Crippen MR) is 84.1 cm³/mol. The van der Waals surface area contributed by atoms with Gasteiger partial charge < -0.3 is 10.6 Å². The Kier molecular flexibility index (Phi) is 4.58. The van der Waals surface area contributed by atoms with E-state index in [1.807, 2.05) is 18.2 Å². The minimum absolute atomic E-state index is 0.157. The lowest BCUT2D eigenvalue weighted by Gasteiger charge is -2.26. The Labute approximate surface area is 132 Å². The van der Waals surface area contributed by atoms with Crippen LogP contribution in [-0.2, 0) is 6.54 Å². The third kappa shape index (κ3) is 3.57. The third-order valence-electron chi connectivity index (χ3n) is 3.47. The molecular formula is C16H16FN3OS. The van der Waals surface area contributed by atoms with Crippen LogP contribution in [-0.4, -0.2) is 16.8 Å². The topological polar surface area (TPSA) is 54.0 Å². The monoisotopic (exact) mass is 317 g/mol. The zero-order valence-corrected chi connectivity index (χ0v) is 12.7. The summed E-state index contributed by atoms with van der Waals surface area (Å²) < 4.78 is 13.4. The van der Waals surface area contributed by atoms with Crippen molar-refractivity contribution in [3.8, 4) is 0 Å². The van der Waals surface area contributed by atoms with Crippen molar-refractivity contribution in [2.75, 3.05) is 5.75 Å². The molecule has 0 saturated heterocycles. The fourth-order valence-electron chi connectivity index (χ4n) is 2.40. The number of fused-ring (bicyclic) bond motifs is 1. The van der Waals surface area contributed by atoms with Crippen LogP contribution in [0.1, 0.15) is 23.7 Å². The average molecular weight is 317 g/mol. The first-order valence-corrected chi connectivity index (χ1v) is 8.07. The van der Waals surface area contributed by atoms with Gasteiger partial charge in [0.15, 0.2) is 0 Å². The molecule has 2 aromatic rings. The highest BCUT2D eigenvalue weighted by Crippen LogP contribution is 2.36. The number of carbonyl (C=O) groups is 1. The molecule has 0 fully saturated rings. The van der Waals surface area contributed by atoms with Gasteiger partial charge in [-0.3, -0.25) is 4.98 Å². The van der Waals surface area contributed by atoms with Gasteiger partial charge in [-0.1, -0.05) is 6.07 Å². The van der Waals surface area contributed by atoms with E-state index in [0.29, 0.717) is 6.54 Å². The zero-order valence-electron chi connectivity index (χ0n) is 11.9. The maximum Gasteiger partial charge on any atom is 0.315 e. The van der Waals surface area contributed by atoms with Crippen molar-refractivity contribution in [1.29, 1.82) is 0 Å². The number of benzene rings is 1. The van der Waals surface area contributed by atoms with Crippen LogP contribution in [0.25, 0.3) is 0 Å². The average Bonchev–Trinajstić information content (AvgIpc) is 2.54. The number of amides is 2.